The summed E-state index contributed by atoms with van der Waals surface area (Å²) in [7, 11) is 1.53. The first-order valence-corrected chi connectivity index (χ1v) is 9.32. The second kappa shape index (κ2) is 6.26. The number of fused-ring (bicyclic) bond motifs is 1. The number of rotatable bonds is 4. The predicted molar refractivity (Wildman–Crippen MR) is 88.4 cm³/mol. The van der Waals surface area contributed by atoms with Gasteiger partial charge in [0.25, 0.3) is 9.05 Å². The van der Waals surface area contributed by atoms with Crippen LogP contribution in [0.3, 0.4) is 0 Å². The van der Waals surface area contributed by atoms with Gasteiger partial charge in [-0.1, -0.05) is 17.3 Å². The molecule has 1 aromatic heterocycles. The molecule has 0 amide bonds. The van der Waals surface area contributed by atoms with E-state index in [2.05, 4.69) is 5.16 Å². The third-order valence-corrected chi connectivity index (χ3v) is 4.74. The number of ether oxygens (including phenoxy) is 1. The fourth-order valence-corrected chi connectivity index (χ4v) is 3.03. The Kier molecular flexibility index (Phi) is 4.29. The van der Waals surface area contributed by atoms with Crippen molar-refractivity contribution in [3.8, 4) is 11.3 Å². The average Bonchev–Trinajstić information content (AvgIpc) is 2.97. The van der Waals surface area contributed by atoms with Crippen LogP contribution in [0.4, 0.5) is 0 Å². The van der Waals surface area contributed by atoms with E-state index in [0.29, 0.717) is 34.4 Å². The molecule has 0 atom stereocenters. The van der Waals surface area contributed by atoms with Crippen LogP contribution < -0.4 is 0 Å². The lowest BCUT2D eigenvalue weighted by Crippen LogP contribution is -2.04. The number of benzene rings is 2. The Morgan fingerprint density at radius 2 is 1.92 bits per heavy atom. The van der Waals surface area contributed by atoms with Gasteiger partial charge in [0.1, 0.15) is 5.69 Å². The summed E-state index contributed by atoms with van der Waals surface area (Å²) >= 11 is 0. The SMILES string of the molecule is CCOC(=O)c1ccc(-c2noc3ccc(S(=O)(=O)Cl)cc23)cc1. The lowest BCUT2D eigenvalue weighted by Gasteiger charge is -2.03. The molecule has 24 heavy (non-hydrogen) atoms. The molecule has 0 saturated heterocycles. The van der Waals surface area contributed by atoms with Crippen LogP contribution in [-0.4, -0.2) is 26.2 Å². The molecular weight excluding hydrogens is 354 g/mol. The molecule has 3 rings (SSSR count). The maximum atomic E-state index is 11.7. The standard InChI is InChI=1S/C16H12ClNO5S/c1-2-22-16(19)11-5-3-10(4-6-11)15-13-9-12(24(17,20)21)7-8-14(13)23-18-15/h3-9H,2H2,1H3. The molecule has 8 heteroatoms. The van der Waals surface area contributed by atoms with Crippen molar-refractivity contribution in [3.05, 3.63) is 48.0 Å². The zero-order chi connectivity index (χ0) is 17.3. The van der Waals surface area contributed by atoms with Gasteiger partial charge in [-0.2, -0.15) is 0 Å². The molecule has 0 N–H and O–H groups in total. The molecule has 0 bridgehead atoms. The van der Waals surface area contributed by atoms with Crippen molar-refractivity contribution in [2.45, 2.75) is 11.8 Å². The van der Waals surface area contributed by atoms with E-state index in [1.165, 1.54) is 18.2 Å². The van der Waals surface area contributed by atoms with E-state index in [9.17, 15) is 13.2 Å². The highest BCUT2D eigenvalue weighted by atomic mass is 35.7. The third kappa shape index (κ3) is 3.13. The van der Waals surface area contributed by atoms with Gasteiger partial charge in [-0.15, -0.1) is 0 Å². The summed E-state index contributed by atoms with van der Waals surface area (Å²) in [5.74, 6) is -0.412. The molecule has 0 spiro atoms. The monoisotopic (exact) mass is 365 g/mol. The number of aromatic nitrogens is 1. The highest BCUT2D eigenvalue weighted by Crippen LogP contribution is 2.30. The molecule has 3 aromatic rings. The molecule has 124 valence electrons. The number of hydrogen-bond acceptors (Lipinski definition) is 6. The Bertz CT molecular complexity index is 1010. The largest absolute Gasteiger partial charge is 0.462 e. The first-order chi connectivity index (χ1) is 11.4. The summed E-state index contributed by atoms with van der Waals surface area (Å²) in [6, 6.07) is 10.8. The van der Waals surface area contributed by atoms with Crippen LogP contribution in [0.1, 0.15) is 17.3 Å². The summed E-state index contributed by atoms with van der Waals surface area (Å²) in [5.41, 5.74) is 1.98. The van der Waals surface area contributed by atoms with E-state index >= 15 is 0 Å². The molecule has 6 nitrogen and oxygen atoms in total. The summed E-state index contributed by atoms with van der Waals surface area (Å²) in [5, 5.41) is 4.48. The maximum Gasteiger partial charge on any atom is 0.338 e. The van der Waals surface area contributed by atoms with Gasteiger partial charge in [0, 0.05) is 16.2 Å². The van der Waals surface area contributed by atoms with Gasteiger partial charge in [-0.3, -0.25) is 0 Å². The Hall–Kier alpha value is -2.38. The number of hydrogen-bond donors (Lipinski definition) is 0. The Balaban J connectivity index is 2.04. The van der Waals surface area contributed by atoms with Gasteiger partial charge >= 0.3 is 5.97 Å². The second-order valence-electron chi connectivity index (χ2n) is 4.92. The minimum absolute atomic E-state index is 0.0377. The van der Waals surface area contributed by atoms with Crippen LogP contribution in [0.25, 0.3) is 22.2 Å². The minimum Gasteiger partial charge on any atom is -0.462 e. The molecule has 0 aliphatic rings. The molecule has 0 fully saturated rings. The average molecular weight is 366 g/mol. The molecule has 0 radical (unpaired) electrons. The van der Waals surface area contributed by atoms with Crippen molar-refractivity contribution >= 4 is 36.7 Å². The molecule has 0 saturated carbocycles. The van der Waals surface area contributed by atoms with Crippen molar-refractivity contribution < 1.29 is 22.5 Å². The number of carbonyl (C=O) groups is 1. The van der Waals surface area contributed by atoms with E-state index in [-0.39, 0.29) is 4.90 Å². The highest BCUT2D eigenvalue weighted by Gasteiger charge is 2.16. The first kappa shape index (κ1) is 16.5. The number of esters is 1. The van der Waals surface area contributed by atoms with Crippen molar-refractivity contribution in [3.63, 3.8) is 0 Å². The third-order valence-electron chi connectivity index (χ3n) is 3.39. The number of carbonyl (C=O) groups excluding carboxylic acids is 1. The van der Waals surface area contributed by atoms with E-state index < -0.39 is 15.0 Å². The van der Waals surface area contributed by atoms with Crippen LogP contribution in [0.2, 0.25) is 0 Å². The molecule has 0 aliphatic heterocycles. The Morgan fingerprint density at radius 1 is 1.21 bits per heavy atom. The van der Waals surface area contributed by atoms with Crippen LogP contribution in [0.5, 0.6) is 0 Å². The van der Waals surface area contributed by atoms with E-state index in [4.69, 9.17) is 19.9 Å². The van der Waals surface area contributed by atoms with Crippen molar-refractivity contribution in [1.82, 2.24) is 5.16 Å². The summed E-state index contributed by atoms with van der Waals surface area (Å²) in [6.45, 7) is 2.03. The van der Waals surface area contributed by atoms with E-state index in [1.54, 1.807) is 31.2 Å². The number of nitrogens with zero attached hydrogens (tertiary/aromatic N) is 1. The van der Waals surface area contributed by atoms with Crippen molar-refractivity contribution in [2.75, 3.05) is 6.61 Å². The fourth-order valence-electron chi connectivity index (χ4n) is 2.26. The van der Waals surface area contributed by atoms with Crippen LogP contribution in [0, 0.1) is 0 Å². The lowest BCUT2D eigenvalue weighted by molar-refractivity contribution is 0.0526. The first-order valence-electron chi connectivity index (χ1n) is 7.02. The van der Waals surface area contributed by atoms with Crippen LogP contribution in [-0.2, 0) is 13.8 Å². The van der Waals surface area contributed by atoms with Crippen LogP contribution in [0.15, 0.2) is 51.9 Å². The topological polar surface area (TPSA) is 86.5 Å². The highest BCUT2D eigenvalue weighted by molar-refractivity contribution is 8.13. The van der Waals surface area contributed by atoms with E-state index in [1.807, 2.05) is 0 Å². The molecular formula is C16H12ClNO5S. The maximum absolute atomic E-state index is 11.7. The Morgan fingerprint density at radius 3 is 2.54 bits per heavy atom. The molecule has 1 heterocycles. The summed E-state index contributed by atoms with van der Waals surface area (Å²) < 4.78 is 33.1. The smallest absolute Gasteiger partial charge is 0.338 e. The van der Waals surface area contributed by atoms with E-state index in [0.717, 1.165) is 0 Å². The lowest BCUT2D eigenvalue weighted by atomic mass is 10.1. The van der Waals surface area contributed by atoms with Crippen molar-refractivity contribution in [1.29, 1.82) is 0 Å². The van der Waals surface area contributed by atoms with Crippen molar-refractivity contribution in [2.24, 2.45) is 0 Å². The second-order valence-corrected chi connectivity index (χ2v) is 7.49. The normalized spacial score (nSPS) is 11.6. The minimum atomic E-state index is -3.85. The number of halogens is 1. The zero-order valence-corrected chi connectivity index (χ0v) is 14.1. The summed E-state index contributed by atoms with van der Waals surface area (Å²) in [4.78, 5) is 11.6. The van der Waals surface area contributed by atoms with Gasteiger partial charge in [0.2, 0.25) is 0 Å². The van der Waals surface area contributed by atoms with Gasteiger partial charge in [0.05, 0.1) is 22.5 Å². The fraction of sp³-hybridized carbons (Fsp3) is 0.125. The summed E-state index contributed by atoms with van der Waals surface area (Å²) in [6.07, 6.45) is 0. The van der Waals surface area contributed by atoms with Gasteiger partial charge in [0.15, 0.2) is 5.58 Å². The predicted octanol–water partition coefficient (Wildman–Crippen LogP) is 3.60. The van der Waals surface area contributed by atoms with Gasteiger partial charge < -0.3 is 9.26 Å². The van der Waals surface area contributed by atoms with Gasteiger partial charge in [-0.05, 0) is 37.3 Å². The zero-order valence-electron chi connectivity index (χ0n) is 12.5. The quantitative estimate of drug-likeness (QED) is 0.518. The Labute approximate surface area is 142 Å². The van der Waals surface area contributed by atoms with Crippen LogP contribution >= 0.6 is 10.7 Å². The molecule has 0 aliphatic carbocycles. The molecule has 0 unspecified atom stereocenters. The molecule has 2 aromatic carbocycles. The van der Waals surface area contributed by atoms with Gasteiger partial charge in [-0.25, -0.2) is 13.2 Å².